The highest BCUT2D eigenvalue weighted by Gasteiger charge is 2.32. The Morgan fingerprint density at radius 2 is 2.00 bits per heavy atom. The largest absolute Gasteiger partial charge is 0.389 e. The summed E-state index contributed by atoms with van der Waals surface area (Å²) < 4.78 is 0. The number of carbonyl (C=O) groups excluding carboxylic acids is 2. The molecule has 0 spiro atoms. The lowest BCUT2D eigenvalue weighted by atomic mass is 10.1. The zero-order chi connectivity index (χ0) is 14.0. The summed E-state index contributed by atoms with van der Waals surface area (Å²) in [6.45, 7) is 7.09. The van der Waals surface area contributed by atoms with Crippen molar-refractivity contribution in [1.29, 1.82) is 0 Å². The molecule has 2 fully saturated rings. The van der Waals surface area contributed by atoms with Crippen LogP contribution < -0.4 is 5.32 Å². The van der Waals surface area contributed by atoms with Crippen molar-refractivity contribution in [1.82, 2.24) is 15.1 Å². The second kappa shape index (κ2) is 5.46. The Labute approximate surface area is 113 Å². The fraction of sp³-hybridized carbons (Fsp3) is 0.846. The Hall–Kier alpha value is -1.14. The third-order valence-corrected chi connectivity index (χ3v) is 3.59. The smallest absolute Gasteiger partial charge is 0.245 e. The van der Waals surface area contributed by atoms with E-state index in [9.17, 15) is 14.7 Å². The number of aliphatic hydroxyl groups is 1. The third kappa shape index (κ3) is 3.91. The number of carbonyl (C=O) groups is 2. The fourth-order valence-electron chi connectivity index (χ4n) is 2.69. The molecule has 0 aliphatic carbocycles. The van der Waals surface area contributed by atoms with E-state index in [4.69, 9.17) is 0 Å². The molecule has 6 nitrogen and oxygen atoms in total. The van der Waals surface area contributed by atoms with E-state index in [-0.39, 0.29) is 17.9 Å². The van der Waals surface area contributed by atoms with E-state index >= 15 is 0 Å². The lowest BCUT2D eigenvalue weighted by Gasteiger charge is -2.38. The summed E-state index contributed by atoms with van der Waals surface area (Å²) in [6, 6.07) is -0.326. The van der Waals surface area contributed by atoms with Crippen LogP contribution in [0.5, 0.6) is 0 Å². The average molecular weight is 269 g/mol. The summed E-state index contributed by atoms with van der Waals surface area (Å²) in [7, 11) is 0. The predicted octanol–water partition coefficient (Wildman–Crippen LogP) is -0.820. The average Bonchev–Trinajstić information content (AvgIpc) is 2.74. The van der Waals surface area contributed by atoms with E-state index in [1.165, 1.54) is 0 Å². The van der Waals surface area contributed by atoms with Gasteiger partial charge in [0.15, 0.2) is 0 Å². The summed E-state index contributed by atoms with van der Waals surface area (Å²) >= 11 is 0. The van der Waals surface area contributed by atoms with Crippen LogP contribution in [0.3, 0.4) is 0 Å². The van der Waals surface area contributed by atoms with Gasteiger partial charge in [-0.3, -0.25) is 14.5 Å². The predicted molar refractivity (Wildman–Crippen MR) is 70.5 cm³/mol. The minimum atomic E-state index is -0.703. The zero-order valence-corrected chi connectivity index (χ0v) is 11.7. The molecule has 0 bridgehead atoms. The van der Waals surface area contributed by atoms with E-state index in [2.05, 4.69) is 10.2 Å². The molecule has 108 valence electrons. The van der Waals surface area contributed by atoms with Gasteiger partial charge in [0.1, 0.15) is 6.04 Å². The number of nitrogens with one attached hydrogen (secondary N) is 1. The maximum atomic E-state index is 12.2. The molecule has 0 aromatic rings. The van der Waals surface area contributed by atoms with Crippen molar-refractivity contribution in [2.75, 3.05) is 32.7 Å². The maximum Gasteiger partial charge on any atom is 0.245 e. The van der Waals surface area contributed by atoms with Crippen molar-refractivity contribution in [2.24, 2.45) is 0 Å². The molecule has 2 aliphatic rings. The lowest BCUT2D eigenvalue weighted by molar-refractivity contribution is -0.136. The standard InChI is InChI=1S/C13H23N3O3/c1-13(2,19)9-15-5-7-16(8-6-15)12(18)10-3-4-11(17)14-10/h10,19H,3-9H2,1-2H3,(H,14,17). The molecule has 19 heavy (non-hydrogen) atoms. The zero-order valence-electron chi connectivity index (χ0n) is 11.7. The van der Waals surface area contributed by atoms with E-state index in [1.54, 1.807) is 13.8 Å². The van der Waals surface area contributed by atoms with Gasteiger partial charge in [0, 0.05) is 39.1 Å². The fourth-order valence-corrected chi connectivity index (χ4v) is 2.69. The minimum absolute atomic E-state index is 0.0287. The maximum absolute atomic E-state index is 12.2. The van der Waals surface area contributed by atoms with Crippen LogP contribution in [-0.4, -0.2) is 71.1 Å². The SMILES string of the molecule is CC(C)(O)CN1CCN(C(=O)C2CCC(=O)N2)CC1. The van der Waals surface area contributed by atoms with Crippen LogP contribution in [-0.2, 0) is 9.59 Å². The van der Waals surface area contributed by atoms with Crippen molar-refractivity contribution in [3.05, 3.63) is 0 Å². The summed E-state index contributed by atoms with van der Waals surface area (Å²) in [5.41, 5.74) is -0.703. The summed E-state index contributed by atoms with van der Waals surface area (Å²) in [5.74, 6) is 0.00720. The lowest BCUT2D eigenvalue weighted by Crippen LogP contribution is -2.55. The van der Waals surface area contributed by atoms with Crippen LogP contribution in [0.25, 0.3) is 0 Å². The molecule has 2 aliphatic heterocycles. The van der Waals surface area contributed by atoms with Gasteiger partial charge >= 0.3 is 0 Å². The van der Waals surface area contributed by atoms with Crippen LogP contribution in [0.15, 0.2) is 0 Å². The molecule has 2 saturated heterocycles. The normalized spacial score (nSPS) is 25.5. The summed E-state index contributed by atoms with van der Waals surface area (Å²) in [6.07, 6.45) is 1.07. The van der Waals surface area contributed by atoms with Crippen LogP contribution in [0.4, 0.5) is 0 Å². The topological polar surface area (TPSA) is 72.9 Å². The minimum Gasteiger partial charge on any atom is -0.389 e. The third-order valence-electron chi connectivity index (χ3n) is 3.59. The van der Waals surface area contributed by atoms with E-state index in [0.717, 1.165) is 13.1 Å². The number of amides is 2. The van der Waals surface area contributed by atoms with Crippen molar-refractivity contribution in [2.45, 2.75) is 38.3 Å². The van der Waals surface area contributed by atoms with Crippen LogP contribution in [0.1, 0.15) is 26.7 Å². The van der Waals surface area contributed by atoms with Crippen LogP contribution >= 0.6 is 0 Å². The van der Waals surface area contributed by atoms with Crippen LogP contribution in [0.2, 0.25) is 0 Å². The molecule has 2 heterocycles. The Bertz CT molecular complexity index is 357. The Morgan fingerprint density at radius 3 is 2.47 bits per heavy atom. The van der Waals surface area contributed by atoms with Gasteiger partial charge in [-0.05, 0) is 20.3 Å². The highest BCUT2D eigenvalue weighted by Crippen LogP contribution is 2.13. The first-order valence-electron chi connectivity index (χ1n) is 6.88. The molecule has 0 aromatic carbocycles. The van der Waals surface area contributed by atoms with Crippen LogP contribution in [0, 0.1) is 0 Å². The second-order valence-corrected chi connectivity index (χ2v) is 6.07. The van der Waals surface area contributed by atoms with Crippen molar-refractivity contribution < 1.29 is 14.7 Å². The van der Waals surface area contributed by atoms with Gasteiger partial charge in [-0.25, -0.2) is 0 Å². The number of rotatable bonds is 3. The van der Waals surface area contributed by atoms with Gasteiger partial charge < -0.3 is 15.3 Å². The molecular formula is C13H23N3O3. The second-order valence-electron chi connectivity index (χ2n) is 6.07. The van der Waals surface area contributed by atoms with E-state index in [0.29, 0.717) is 32.5 Å². The van der Waals surface area contributed by atoms with Gasteiger partial charge in [-0.2, -0.15) is 0 Å². The molecule has 0 aromatic heterocycles. The van der Waals surface area contributed by atoms with E-state index < -0.39 is 5.60 Å². The molecular weight excluding hydrogens is 246 g/mol. The Balaban J connectivity index is 1.80. The molecule has 2 rings (SSSR count). The monoisotopic (exact) mass is 269 g/mol. The van der Waals surface area contributed by atoms with Crippen molar-refractivity contribution in [3.8, 4) is 0 Å². The van der Waals surface area contributed by atoms with Crippen molar-refractivity contribution in [3.63, 3.8) is 0 Å². The molecule has 6 heteroatoms. The molecule has 1 atom stereocenters. The number of piperazine rings is 1. The molecule has 2 amide bonds. The Morgan fingerprint density at radius 1 is 1.37 bits per heavy atom. The van der Waals surface area contributed by atoms with Crippen molar-refractivity contribution >= 4 is 11.8 Å². The number of hydrogen-bond donors (Lipinski definition) is 2. The van der Waals surface area contributed by atoms with E-state index in [1.807, 2.05) is 4.90 Å². The van der Waals surface area contributed by atoms with Gasteiger partial charge in [0.05, 0.1) is 5.60 Å². The highest BCUT2D eigenvalue weighted by molar-refractivity contribution is 5.90. The molecule has 2 N–H and O–H groups in total. The van der Waals surface area contributed by atoms with Gasteiger partial charge in [0.25, 0.3) is 0 Å². The molecule has 0 saturated carbocycles. The van der Waals surface area contributed by atoms with Gasteiger partial charge in [0.2, 0.25) is 11.8 Å². The first kappa shape index (κ1) is 14.3. The van der Waals surface area contributed by atoms with Gasteiger partial charge in [-0.15, -0.1) is 0 Å². The summed E-state index contributed by atoms with van der Waals surface area (Å²) in [5, 5.41) is 12.5. The summed E-state index contributed by atoms with van der Waals surface area (Å²) in [4.78, 5) is 27.3. The first-order valence-corrected chi connectivity index (χ1v) is 6.88. The highest BCUT2D eigenvalue weighted by atomic mass is 16.3. The molecule has 1 unspecified atom stereocenters. The number of hydrogen-bond acceptors (Lipinski definition) is 4. The number of nitrogens with zero attached hydrogens (tertiary/aromatic N) is 2. The Kier molecular flexibility index (Phi) is 4.10. The number of β-amino-alcohol motifs (C(OH)–C–C–N with tert-alkyl or cyclic N) is 1. The van der Waals surface area contributed by atoms with Gasteiger partial charge in [-0.1, -0.05) is 0 Å². The first-order chi connectivity index (χ1) is 8.85. The molecule has 0 radical (unpaired) electrons. The quantitative estimate of drug-likeness (QED) is 0.702.